The molecule has 6 nitrogen and oxygen atoms in total. The van der Waals surface area contributed by atoms with Crippen LogP contribution in [0.5, 0.6) is 0 Å². The lowest BCUT2D eigenvalue weighted by Crippen LogP contribution is -2.35. The van der Waals surface area contributed by atoms with Crippen LogP contribution >= 0.6 is 0 Å². The highest BCUT2D eigenvalue weighted by molar-refractivity contribution is 5.96. The molecular weight excluding hydrogens is 368 g/mol. The molecule has 0 spiro atoms. The number of carbonyl (C=O) groups excluding carboxylic acids is 3. The van der Waals surface area contributed by atoms with Crippen LogP contribution in [0.3, 0.4) is 0 Å². The molecule has 0 saturated heterocycles. The molecule has 3 amide bonds. The monoisotopic (exact) mass is 389 g/mol. The maximum atomic E-state index is 13.5. The van der Waals surface area contributed by atoms with E-state index in [0.29, 0.717) is 11.8 Å². The Morgan fingerprint density at radius 2 is 1.61 bits per heavy atom. The SMILES string of the molecule is Cc1cccc(C)c1NC(=O)CNC(=O)CCNC(=O)c1ccc(F)cc1F. The molecule has 2 aromatic carbocycles. The van der Waals surface area contributed by atoms with Crippen molar-refractivity contribution in [1.29, 1.82) is 0 Å². The maximum Gasteiger partial charge on any atom is 0.254 e. The predicted molar refractivity (Wildman–Crippen MR) is 101 cm³/mol. The Hall–Kier alpha value is -3.29. The number of rotatable bonds is 7. The van der Waals surface area contributed by atoms with E-state index >= 15 is 0 Å². The number of nitrogens with one attached hydrogen (secondary N) is 3. The summed E-state index contributed by atoms with van der Waals surface area (Å²) >= 11 is 0. The van der Waals surface area contributed by atoms with Crippen LogP contribution < -0.4 is 16.0 Å². The van der Waals surface area contributed by atoms with Gasteiger partial charge < -0.3 is 16.0 Å². The third kappa shape index (κ3) is 5.87. The minimum Gasteiger partial charge on any atom is -0.351 e. The standard InChI is InChI=1S/C20H21F2N3O3/c1-12-4-3-5-13(2)19(12)25-18(27)11-24-17(26)8-9-23-20(28)15-7-6-14(21)10-16(15)22/h3-7,10H,8-9,11H2,1-2H3,(H,23,28)(H,24,26)(H,25,27). The molecule has 8 heteroatoms. The summed E-state index contributed by atoms with van der Waals surface area (Å²) < 4.78 is 26.4. The summed E-state index contributed by atoms with van der Waals surface area (Å²) in [6, 6.07) is 8.23. The van der Waals surface area contributed by atoms with Crippen molar-refractivity contribution in [3.63, 3.8) is 0 Å². The molecule has 0 heterocycles. The molecule has 0 aliphatic heterocycles. The van der Waals surface area contributed by atoms with Crippen molar-refractivity contribution in [2.24, 2.45) is 0 Å². The Morgan fingerprint density at radius 3 is 2.25 bits per heavy atom. The lowest BCUT2D eigenvalue weighted by molar-refractivity contribution is -0.124. The van der Waals surface area contributed by atoms with Crippen LogP contribution in [0.1, 0.15) is 27.9 Å². The Bertz CT molecular complexity index is 880. The van der Waals surface area contributed by atoms with E-state index in [4.69, 9.17) is 0 Å². The summed E-state index contributed by atoms with van der Waals surface area (Å²) in [5, 5.41) is 7.56. The van der Waals surface area contributed by atoms with Crippen LogP contribution in [0, 0.1) is 25.5 Å². The Morgan fingerprint density at radius 1 is 0.929 bits per heavy atom. The molecule has 3 N–H and O–H groups in total. The van der Waals surface area contributed by atoms with E-state index in [1.165, 1.54) is 0 Å². The van der Waals surface area contributed by atoms with Gasteiger partial charge in [0.2, 0.25) is 11.8 Å². The van der Waals surface area contributed by atoms with Gasteiger partial charge in [-0.1, -0.05) is 18.2 Å². The van der Waals surface area contributed by atoms with E-state index in [2.05, 4.69) is 16.0 Å². The van der Waals surface area contributed by atoms with Gasteiger partial charge in [-0.2, -0.15) is 0 Å². The number of amides is 3. The zero-order chi connectivity index (χ0) is 20.7. The van der Waals surface area contributed by atoms with Gasteiger partial charge in [0.05, 0.1) is 12.1 Å². The zero-order valence-electron chi connectivity index (χ0n) is 15.6. The van der Waals surface area contributed by atoms with Crippen molar-refractivity contribution >= 4 is 23.4 Å². The number of hydrogen-bond acceptors (Lipinski definition) is 3. The van der Waals surface area contributed by atoms with Gasteiger partial charge in [-0.25, -0.2) is 8.78 Å². The Labute approximate surface area is 161 Å². The van der Waals surface area contributed by atoms with E-state index in [0.717, 1.165) is 23.3 Å². The van der Waals surface area contributed by atoms with Crippen LogP contribution in [0.25, 0.3) is 0 Å². The summed E-state index contributed by atoms with van der Waals surface area (Å²) in [5.41, 5.74) is 2.22. The number of halogens is 2. The van der Waals surface area contributed by atoms with Crippen LogP contribution in [0.2, 0.25) is 0 Å². The summed E-state index contributed by atoms with van der Waals surface area (Å²) in [6.45, 7) is 3.47. The predicted octanol–water partition coefficient (Wildman–Crippen LogP) is 2.46. The fraction of sp³-hybridized carbons (Fsp3) is 0.250. The van der Waals surface area contributed by atoms with Crippen molar-refractivity contribution in [2.75, 3.05) is 18.4 Å². The van der Waals surface area contributed by atoms with Crippen LogP contribution in [0.4, 0.5) is 14.5 Å². The summed E-state index contributed by atoms with van der Waals surface area (Å²) in [4.78, 5) is 35.6. The first kappa shape index (κ1) is 21.0. The van der Waals surface area contributed by atoms with Crippen LogP contribution in [-0.2, 0) is 9.59 Å². The van der Waals surface area contributed by atoms with Crippen LogP contribution in [0.15, 0.2) is 36.4 Å². The minimum atomic E-state index is -0.981. The molecule has 148 valence electrons. The molecule has 0 unspecified atom stereocenters. The second-order valence-corrected chi connectivity index (χ2v) is 6.22. The quantitative estimate of drug-likeness (QED) is 0.680. The molecule has 0 aromatic heterocycles. The normalized spacial score (nSPS) is 10.3. The average Bonchev–Trinajstić information content (AvgIpc) is 2.63. The van der Waals surface area contributed by atoms with Crippen LogP contribution in [-0.4, -0.2) is 30.8 Å². The van der Waals surface area contributed by atoms with Gasteiger partial charge in [-0.15, -0.1) is 0 Å². The van der Waals surface area contributed by atoms with Crippen molar-refractivity contribution in [2.45, 2.75) is 20.3 Å². The second kappa shape index (κ2) is 9.59. The maximum absolute atomic E-state index is 13.5. The van der Waals surface area contributed by atoms with Gasteiger partial charge in [0.1, 0.15) is 11.6 Å². The molecule has 2 rings (SSSR count). The Kier molecular flexibility index (Phi) is 7.20. The van der Waals surface area contributed by atoms with Gasteiger partial charge in [0.25, 0.3) is 5.91 Å². The Balaban J connectivity index is 1.74. The topological polar surface area (TPSA) is 87.3 Å². The molecule has 2 aromatic rings. The van der Waals surface area contributed by atoms with Gasteiger partial charge in [-0.3, -0.25) is 14.4 Å². The average molecular weight is 389 g/mol. The third-order valence-corrected chi connectivity index (χ3v) is 4.01. The minimum absolute atomic E-state index is 0.0556. The lowest BCUT2D eigenvalue weighted by Gasteiger charge is -2.12. The molecule has 0 aliphatic carbocycles. The van der Waals surface area contributed by atoms with Gasteiger partial charge in [0.15, 0.2) is 0 Å². The fourth-order valence-electron chi connectivity index (χ4n) is 2.52. The highest BCUT2D eigenvalue weighted by atomic mass is 19.1. The highest BCUT2D eigenvalue weighted by Gasteiger charge is 2.13. The second-order valence-electron chi connectivity index (χ2n) is 6.22. The molecular formula is C20H21F2N3O3. The number of anilines is 1. The highest BCUT2D eigenvalue weighted by Crippen LogP contribution is 2.18. The summed E-state index contributed by atoms with van der Waals surface area (Å²) in [5.74, 6) is -3.34. The van der Waals surface area contributed by atoms with E-state index in [1.54, 1.807) is 0 Å². The third-order valence-electron chi connectivity index (χ3n) is 4.01. The number of carbonyl (C=O) groups is 3. The van der Waals surface area contributed by atoms with E-state index in [1.807, 2.05) is 32.0 Å². The van der Waals surface area contributed by atoms with Crippen molar-refractivity contribution in [3.05, 3.63) is 64.7 Å². The number of aryl methyl sites for hydroxylation is 2. The summed E-state index contributed by atoms with van der Waals surface area (Å²) in [6.07, 6.45) is -0.0920. The number of benzene rings is 2. The molecule has 0 fully saturated rings. The first-order valence-electron chi connectivity index (χ1n) is 8.64. The summed E-state index contributed by atoms with van der Waals surface area (Å²) in [7, 11) is 0. The molecule has 0 bridgehead atoms. The van der Waals surface area contributed by atoms with Crippen molar-refractivity contribution < 1.29 is 23.2 Å². The van der Waals surface area contributed by atoms with Crippen molar-refractivity contribution in [1.82, 2.24) is 10.6 Å². The lowest BCUT2D eigenvalue weighted by atomic mass is 10.1. The molecule has 28 heavy (non-hydrogen) atoms. The van der Waals surface area contributed by atoms with E-state index < -0.39 is 23.4 Å². The first-order chi connectivity index (χ1) is 13.3. The fourth-order valence-corrected chi connectivity index (χ4v) is 2.52. The molecule has 0 radical (unpaired) electrons. The largest absolute Gasteiger partial charge is 0.351 e. The van der Waals surface area contributed by atoms with E-state index in [-0.39, 0.29) is 31.0 Å². The smallest absolute Gasteiger partial charge is 0.254 e. The van der Waals surface area contributed by atoms with Gasteiger partial charge in [0, 0.05) is 24.7 Å². The van der Waals surface area contributed by atoms with Crippen molar-refractivity contribution in [3.8, 4) is 0 Å². The van der Waals surface area contributed by atoms with Gasteiger partial charge in [-0.05, 0) is 37.1 Å². The molecule has 0 saturated carbocycles. The molecule has 0 atom stereocenters. The molecule has 0 aliphatic rings. The first-order valence-corrected chi connectivity index (χ1v) is 8.64. The number of hydrogen-bond donors (Lipinski definition) is 3. The number of para-hydroxylation sites is 1. The van der Waals surface area contributed by atoms with E-state index in [9.17, 15) is 23.2 Å². The zero-order valence-corrected chi connectivity index (χ0v) is 15.6. The van der Waals surface area contributed by atoms with Gasteiger partial charge >= 0.3 is 0 Å².